The maximum atomic E-state index is 13.6. The molecule has 6 heteroatoms. The van der Waals surface area contributed by atoms with E-state index >= 15 is 0 Å². The number of nitro benzene ring substituents is 1. The second-order valence-corrected chi connectivity index (χ2v) is 8.65. The molecule has 0 radical (unpaired) electrons. The van der Waals surface area contributed by atoms with Gasteiger partial charge in [-0.1, -0.05) is 55.2 Å². The van der Waals surface area contributed by atoms with E-state index in [4.69, 9.17) is 0 Å². The van der Waals surface area contributed by atoms with Crippen molar-refractivity contribution in [2.45, 2.75) is 58.2 Å². The molecule has 1 saturated carbocycles. The number of nitrogens with zero attached hydrogens (tertiary/aromatic N) is 3. The molecule has 0 spiro atoms. The van der Waals surface area contributed by atoms with E-state index in [9.17, 15) is 14.9 Å². The first kappa shape index (κ1) is 21.8. The summed E-state index contributed by atoms with van der Waals surface area (Å²) in [5.74, 6) is -0.135. The van der Waals surface area contributed by atoms with Gasteiger partial charge >= 0.3 is 0 Å². The van der Waals surface area contributed by atoms with Gasteiger partial charge in [-0.2, -0.15) is 0 Å². The number of nitro groups is 1. The number of aryl methyl sites for hydroxylation is 1. The highest BCUT2D eigenvalue weighted by Crippen LogP contribution is 2.27. The third kappa shape index (κ3) is 5.07. The van der Waals surface area contributed by atoms with Crippen LogP contribution < -0.4 is 0 Å². The number of carbonyl (C=O) groups excluding carboxylic acids is 1. The third-order valence-corrected chi connectivity index (χ3v) is 6.27. The average molecular weight is 432 g/mol. The van der Waals surface area contributed by atoms with Gasteiger partial charge in [0.2, 0.25) is 0 Å². The lowest BCUT2D eigenvalue weighted by Gasteiger charge is -2.35. The van der Waals surface area contributed by atoms with Crippen LogP contribution in [0.4, 0.5) is 5.69 Å². The number of hydrogen-bond acceptors (Lipinski definition) is 3. The van der Waals surface area contributed by atoms with Gasteiger partial charge in [0.1, 0.15) is 0 Å². The largest absolute Gasteiger partial charge is 0.345 e. The summed E-state index contributed by atoms with van der Waals surface area (Å²) in [6.45, 7) is 3.32. The molecule has 0 saturated heterocycles. The Labute approximate surface area is 188 Å². The fourth-order valence-electron chi connectivity index (χ4n) is 4.61. The summed E-state index contributed by atoms with van der Waals surface area (Å²) < 4.78 is 2.19. The maximum Gasteiger partial charge on any atom is 0.270 e. The Morgan fingerprint density at radius 1 is 1.06 bits per heavy atom. The van der Waals surface area contributed by atoms with Gasteiger partial charge in [0.15, 0.2) is 0 Å². The van der Waals surface area contributed by atoms with Crippen LogP contribution in [0.5, 0.6) is 0 Å². The molecular weight excluding hydrogens is 402 g/mol. The van der Waals surface area contributed by atoms with E-state index < -0.39 is 4.92 Å². The summed E-state index contributed by atoms with van der Waals surface area (Å²) in [4.78, 5) is 26.3. The highest BCUT2D eigenvalue weighted by molar-refractivity contribution is 5.95. The lowest BCUT2D eigenvalue weighted by atomic mass is 9.93. The van der Waals surface area contributed by atoms with Gasteiger partial charge in [-0.3, -0.25) is 14.9 Å². The van der Waals surface area contributed by atoms with Crippen molar-refractivity contribution in [3.05, 3.63) is 99.4 Å². The quantitative estimate of drug-likeness (QED) is 0.354. The maximum absolute atomic E-state index is 13.6. The molecule has 0 unspecified atom stereocenters. The number of carbonyl (C=O) groups is 1. The van der Waals surface area contributed by atoms with Crippen LogP contribution in [0.25, 0.3) is 0 Å². The fraction of sp³-hybridized carbons (Fsp3) is 0.346. The van der Waals surface area contributed by atoms with Gasteiger partial charge in [0.05, 0.1) is 11.5 Å². The Bertz CT molecular complexity index is 1100. The average Bonchev–Trinajstić information content (AvgIpc) is 3.24. The zero-order valence-electron chi connectivity index (χ0n) is 18.4. The Balaban J connectivity index is 1.61. The van der Waals surface area contributed by atoms with E-state index in [-0.39, 0.29) is 17.6 Å². The summed E-state index contributed by atoms with van der Waals surface area (Å²) in [7, 11) is 0. The SMILES string of the molecule is Cc1cccc(Cn2cccc2CN(C(=O)c2cccc([N+](=O)[O-])c2)C2CCCCC2)c1. The van der Waals surface area contributed by atoms with Crippen molar-refractivity contribution >= 4 is 11.6 Å². The number of aromatic nitrogens is 1. The first-order chi connectivity index (χ1) is 15.5. The normalized spacial score (nSPS) is 14.3. The lowest BCUT2D eigenvalue weighted by molar-refractivity contribution is -0.384. The van der Waals surface area contributed by atoms with E-state index in [0.717, 1.165) is 37.9 Å². The summed E-state index contributed by atoms with van der Waals surface area (Å²) in [6, 6.07) is 18.8. The Kier molecular flexibility index (Phi) is 6.69. The van der Waals surface area contributed by atoms with Crippen molar-refractivity contribution in [3.63, 3.8) is 0 Å². The van der Waals surface area contributed by atoms with Crippen LogP contribution in [0.1, 0.15) is 59.3 Å². The van der Waals surface area contributed by atoms with E-state index in [2.05, 4.69) is 48.0 Å². The molecule has 1 aliphatic carbocycles. The summed E-state index contributed by atoms with van der Waals surface area (Å²) in [5.41, 5.74) is 3.83. The molecule has 0 N–H and O–H groups in total. The van der Waals surface area contributed by atoms with E-state index in [1.54, 1.807) is 12.1 Å². The van der Waals surface area contributed by atoms with Crippen LogP contribution in [-0.4, -0.2) is 26.3 Å². The minimum Gasteiger partial charge on any atom is -0.345 e. The predicted molar refractivity (Wildman–Crippen MR) is 125 cm³/mol. The zero-order valence-corrected chi connectivity index (χ0v) is 18.4. The minimum atomic E-state index is -0.450. The standard InChI is InChI=1S/C26H29N3O3/c1-20-8-5-9-21(16-20)18-27-15-7-14-25(27)19-28(23-11-3-2-4-12-23)26(30)22-10-6-13-24(17-22)29(31)32/h5-10,13-17,23H,2-4,11-12,18-19H2,1H3. The number of benzene rings is 2. The third-order valence-electron chi connectivity index (χ3n) is 6.27. The molecule has 1 aliphatic rings. The Hall–Kier alpha value is -3.41. The molecule has 0 bridgehead atoms. The fourth-order valence-corrected chi connectivity index (χ4v) is 4.61. The van der Waals surface area contributed by atoms with Crippen LogP contribution >= 0.6 is 0 Å². The smallest absolute Gasteiger partial charge is 0.270 e. The predicted octanol–water partition coefficient (Wildman–Crippen LogP) is 5.73. The monoisotopic (exact) mass is 431 g/mol. The van der Waals surface area contributed by atoms with E-state index in [0.29, 0.717) is 12.1 Å². The molecule has 3 aromatic rings. The van der Waals surface area contributed by atoms with Crippen molar-refractivity contribution in [1.29, 1.82) is 0 Å². The van der Waals surface area contributed by atoms with Crippen LogP contribution in [0.2, 0.25) is 0 Å². The van der Waals surface area contributed by atoms with Crippen molar-refractivity contribution < 1.29 is 9.72 Å². The van der Waals surface area contributed by atoms with E-state index in [1.165, 1.54) is 29.7 Å². The highest BCUT2D eigenvalue weighted by Gasteiger charge is 2.28. The molecular formula is C26H29N3O3. The van der Waals surface area contributed by atoms with Crippen LogP contribution in [0.3, 0.4) is 0 Å². The van der Waals surface area contributed by atoms with Crippen molar-refractivity contribution in [1.82, 2.24) is 9.47 Å². The molecule has 2 aromatic carbocycles. The van der Waals surface area contributed by atoms with Crippen LogP contribution in [0.15, 0.2) is 66.9 Å². The zero-order chi connectivity index (χ0) is 22.5. The minimum absolute atomic E-state index is 0.0535. The number of non-ortho nitro benzene ring substituents is 1. The highest BCUT2D eigenvalue weighted by atomic mass is 16.6. The number of hydrogen-bond donors (Lipinski definition) is 0. The Morgan fingerprint density at radius 2 is 1.84 bits per heavy atom. The lowest BCUT2D eigenvalue weighted by Crippen LogP contribution is -2.41. The molecule has 6 nitrogen and oxygen atoms in total. The molecule has 0 atom stereocenters. The summed E-state index contributed by atoms with van der Waals surface area (Å²) >= 11 is 0. The first-order valence-electron chi connectivity index (χ1n) is 11.3. The van der Waals surface area contributed by atoms with Crippen molar-refractivity contribution in [3.8, 4) is 0 Å². The van der Waals surface area contributed by atoms with Crippen molar-refractivity contribution in [2.75, 3.05) is 0 Å². The van der Waals surface area contributed by atoms with Crippen molar-refractivity contribution in [2.24, 2.45) is 0 Å². The molecule has 32 heavy (non-hydrogen) atoms. The molecule has 1 fully saturated rings. The molecule has 1 heterocycles. The molecule has 166 valence electrons. The second kappa shape index (κ2) is 9.81. The van der Waals surface area contributed by atoms with Gasteiger partial charge in [0, 0.05) is 42.2 Å². The topological polar surface area (TPSA) is 68.4 Å². The Morgan fingerprint density at radius 3 is 2.59 bits per heavy atom. The second-order valence-electron chi connectivity index (χ2n) is 8.65. The number of amides is 1. The van der Waals surface area contributed by atoms with Gasteiger partial charge in [-0.15, -0.1) is 0 Å². The van der Waals surface area contributed by atoms with Crippen LogP contribution in [-0.2, 0) is 13.1 Å². The molecule has 1 amide bonds. The number of rotatable bonds is 7. The van der Waals surface area contributed by atoms with Gasteiger partial charge in [-0.25, -0.2) is 0 Å². The van der Waals surface area contributed by atoms with Crippen LogP contribution in [0, 0.1) is 17.0 Å². The first-order valence-corrected chi connectivity index (χ1v) is 11.3. The van der Waals surface area contributed by atoms with Gasteiger partial charge < -0.3 is 9.47 Å². The molecule has 4 rings (SSSR count). The molecule has 1 aromatic heterocycles. The van der Waals surface area contributed by atoms with Gasteiger partial charge in [0.25, 0.3) is 11.6 Å². The summed E-state index contributed by atoms with van der Waals surface area (Å²) in [6.07, 6.45) is 7.40. The molecule has 0 aliphatic heterocycles. The van der Waals surface area contributed by atoms with Gasteiger partial charge in [-0.05, 0) is 43.5 Å². The van der Waals surface area contributed by atoms with E-state index in [1.807, 2.05) is 11.0 Å². The summed E-state index contributed by atoms with van der Waals surface area (Å²) in [5, 5.41) is 11.2.